The third-order valence-corrected chi connectivity index (χ3v) is 1.42. The van der Waals surface area contributed by atoms with Crippen LogP contribution in [0.1, 0.15) is 1.43 Å². The van der Waals surface area contributed by atoms with Crippen molar-refractivity contribution in [2.75, 3.05) is 0 Å². The molecular formula is C6H10NaO5P. The van der Waals surface area contributed by atoms with Crippen molar-refractivity contribution in [3.8, 4) is 5.75 Å². The van der Waals surface area contributed by atoms with Gasteiger partial charge in [-0.1, -0.05) is 18.2 Å². The van der Waals surface area contributed by atoms with E-state index in [-0.39, 0.29) is 42.2 Å². The van der Waals surface area contributed by atoms with Crippen molar-refractivity contribution in [3.63, 3.8) is 0 Å². The van der Waals surface area contributed by atoms with E-state index in [1.807, 2.05) is 0 Å². The minimum atomic E-state index is -4.39. The Hall–Kier alpha value is 0.130. The molecule has 1 rings (SSSR count). The van der Waals surface area contributed by atoms with E-state index in [9.17, 15) is 4.57 Å². The van der Waals surface area contributed by atoms with Crippen molar-refractivity contribution in [1.29, 1.82) is 0 Å². The normalized spacial score (nSPS) is 9.38. The Labute approximate surface area is 99.1 Å². The van der Waals surface area contributed by atoms with Crippen LogP contribution >= 0.6 is 7.82 Å². The van der Waals surface area contributed by atoms with Crippen LogP contribution in [0, 0.1) is 0 Å². The van der Waals surface area contributed by atoms with Gasteiger partial charge in [-0.05, 0) is 12.1 Å². The summed E-state index contributed by atoms with van der Waals surface area (Å²) in [5.74, 6) is 0.167. The second-order valence-corrected chi connectivity index (χ2v) is 3.06. The Bertz CT molecular complexity index is 277. The van der Waals surface area contributed by atoms with E-state index in [0.29, 0.717) is 0 Å². The van der Waals surface area contributed by atoms with E-state index in [2.05, 4.69) is 4.52 Å². The van der Waals surface area contributed by atoms with Gasteiger partial charge in [0.15, 0.2) is 0 Å². The van der Waals surface area contributed by atoms with Gasteiger partial charge < -0.3 is 11.4 Å². The van der Waals surface area contributed by atoms with Gasteiger partial charge in [-0.2, -0.15) is 0 Å². The maximum Gasteiger partial charge on any atom is 1.00 e. The summed E-state index contributed by atoms with van der Waals surface area (Å²) in [5, 5.41) is 0. The predicted octanol–water partition coefficient (Wildman–Crippen LogP) is -2.55. The summed E-state index contributed by atoms with van der Waals surface area (Å²) in [5.41, 5.74) is 0. The zero-order valence-electron chi connectivity index (χ0n) is 8.04. The molecule has 0 aliphatic heterocycles. The maximum atomic E-state index is 10.3. The summed E-state index contributed by atoms with van der Waals surface area (Å²) in [7, 11) is -4.39. The van der Waals surface area contributed by atoms with E-state index in [1.165, 1.54) is 12.1 Å². The molecule has 0 saturated heterocycles. The Morgan fingerprint density at radius 3 is 2.08 bits per heavy atom. The fourth-order valence-corrected chi connectivity index (χ4v) is 1.02. The van der Waals surface area contributed by atoms with E-state index in [1.54, 1.807) is 18.2 Å². The fourth-order valence-electron chi connectivity index (χ4n) is 0.619. The quantitative estimate of drug-likeness (QED) is 0.420. The summed E-state index contributed by atoms with van der Waals surface area (Å²) < 4.78 is 14.5. The molecule has 0 aliphatic carbocycles. The molecule has 4 N–H and O–H groups in total. The largest absolute Gasteiger partial charge is 1.00 e. The third-order valence-electron chi connectivity index (χ3n) is 0.968. The molecule has 1 aromatic carbocycles. The van der Waals surface area contributed by atoms with Crippen LogP contribution in [0.2, 0.25) is 0 Å². The Kier molecular flexibility index (Phi) is 7.87. The van der Waals surface area contributed by atoms with Gasteiger partial charge in [-0.15, -0.1) is 0 Å². The molecule has 13 heavy (non-hydrogen) atoms. The predicted molar refractivity (Wildman–Crippen MR) is 43.8 cm³/mol. The zero-order chi connectivity index (χ0) is 8.32. The first-order valence-corrected chi connectivity index (χ1v) is 4.41. The number of phosphoric acid groups is 1. The Morgan fingerprint density at radius 2 is 1.69 bits per heavy atom. The first-order chi connectivity index (χ1) is 5.08. The van der Waals surface area contributed by atoms with Gasteiger partial charge in [0.25, 0.3) is 0 Å². The molecule has 0 atom stereocenters. The molecule has 0 aromatic heterocycles. The first kappa shape index (κ1) is 15.6. The molecule has 5 nitrogen and oxygen atoms in total. The number of hydrogen-bond acceptors (Lipinski definition) is 2. The second kappa shape index (κ2) is 6.56. The number of rotatable bonds is 2. The van der Waals surface area contributed by atoms with Crippen LogP contribution < -0.4 is 34.1 Å². The van der Waals surface area contributed by atoms with E-state index < -0.39 is 7.82 Å². The molecule has 0 unspecified atom stereocenters. The Balaban J connectivity index is -0.000000403. The summed E-state index contributed by atoms with van der Waals surface area (Å²) in [6.07, 6.45) is 0. The molecule has 7 heteroatoms. The smallest absolute Gasteiger partial charge is 1.00 e. The number of phosphoric ester groups is 1. The molecule has 0 aliphatic rings. The molecule has 0 fully saturated rings. The SMILES string of the molecule is O.O=P(O)(O)Oc1ccccc1.[H-].[Na+]. The van der Waals surface area contributed by atoms with Crippen molar-refractivity contribution in [1.82, 2.24) is 0 Å². The summed E-state index contributed by atoms with van der Waals surface area (Å²) >= 11 is 0. The minimum Gasteiger partial charge on any atom is -1.00 e. The van der Waals surface area contributed by atoms with Crippen molar-refractivity contribution in [3.05, 3.63) is 30.3 Å². The Morgan fingerprint density at radius 1 is 1.23 bits per heavy atom. The number of para-hydroxylation sites is 1. The van der Waals surface area contributed by atoms with Crippen LogP contribution in [0.3, 0.4) is 0 Å². The molecular weight excluding hydrogens is 206 g/mol. The van der Waals surface area contributed by atoms with Crippen molar-refractivity contribution in [2.45, 2.75) is 0 Å². The molecule has 70 valence electrons. The van der Waals surface area contributed by atoms with Gasteiger partial charge in [0.2, 0.25) is 0 Å². The van der Waals surface area contributed by atoms with Gasteiger partial charge >= 0.3 is 37.4 Å². The topological polar surface area (TPSA) is 98.3 Å². The second-order valence-electron chi connectivity index (χ2n) is 1.89. The molecule has 0 amide bonds. The molecule has 0 bridgehead atoms. The van der Waals surface area contributed by atoms with Crippen LogP contribution in [0.15, 0.2) is 30.3 Å². The van der Waals surface area contributed by atoms with Crippen LogP contribution in [-0.4, -0.2) is 15.3 Å². The van der Waals surface area contributed by atoms with Crippen molar-refractivity contribution >= 4 is 7.82 Å². The number of hydrogen-bond donors (Lipinski definition) is 2. The summed E-state index contributed by atoms with van der Waals surface area (Å²) in [6.45, 7) is 0. The molecule has 0 heterocycles. The van der Waals surface area contributed by atoms with E-state index in [4.69, 9.17) is 9.79 Å². The maximum absolute atomic E-state index is 10.3. The van der Waals surface area contributed by atoms with Gasteiger partial charge in [-0.3, -0.25) is 9.79 Å². The third kappa shape index (κ3) is 7.22. The minimum absolute atomic E-state index is 0. The molecule has 0 radical (unpaired) electrons. The van der Waals surface area contributed by atoms with Gasteiger partial charge in [0.1, 0.15) is 5.75 Å². The van der Waals surface area contributed by atoms with Crippen LogP contribution in [0.4, 0.5) is 0 Å². The first-order valence-electron chi connectivity index (χ1n) is 2.88. The molecule has 0 spiro atoms. The molecule has 1 aromatic rings. The average molecular weight is 216 g/mol. The van der Waals surface area contributed by atoms with Crippen LogP contribution in [0.5, 0.6) is 5.75 Å². The van der Waals surface area contributed by atoms with Crippen LogP contribution in [-0.2, 0) is 4.57 Å². The standard InChI is InChI=1S/C6H7O4P.Na.H2O.H/c7-11(8,9)10-6-4-2-1-3-5-6;;;/h1-5H,(H2,7,8,9);;1H2;/q;+1;;-1. The van der Waals surface area contributed by atoms with E-state index >= 15 is 0 Å². The summed E-state index contributed by atoms with van der Waals surface area (Å²) in [4.78, 5) is 16.7. The van der Waals surface area contributed by atoms with Crippen molar-refractivity contribution < 1.29 is 55.3 Å². The van der Waals surface area contributed by atoms with E-state index in [0.717, 1.165) is 0 Å². The zero-order valence-corrected chi connectivity index (χ0v) is 9.94. The number of benzene rings is 1. The van der Waals surface area contributed by atoms with Gasteiger partial charge in [0, 0.05) is 0 Å². The van der Waals surface area contributed by atoms with Crippen molar-refractivity contribution in [2.24, 2.45) is 0 Å². The van der Waals surface area contributed by atoms with Gasteiger partial charge in [-0.25, -0.2) is 4.57 Å². The fraction of sp³-hybridized carbons (Fsp3) is 0. The molecule has 0 saturated carbocycles. The van der Waals surface area contributed by atoms with Gasteiger partial charge in [0.05, 0.1) is 0 Å². The summed E-state index contributed by atoms with van der Waals surface area (Å²) in [6, 6.07) is 7.93. The average Bonchev–Trinajstić information content (AvgIpc) is 1.85. The monoisotopic (exact) mass is 216 g/mol. The van der Waals surface area contributed by atoms with Crippen LogP contribution in [0.25, 0.3) is 0 Å².